The maximum Gasteiger partial charge on any atom is 0.416 e. The molecule has 0 fully saturated rings. The monoisotopic (exact) mass is 795 g/mol. The minimum atomic E-state index is -5.14. The molecule has 0 aliphatic heterocycles. The van der Waals surface area contributed by atoms with Crippen molar-refractivity contribution in [2.24, 2.45) is 0 Å². The molecule has 3 nitrogen and oxygen atoms in total. The topological polar surface area (TPSA) is 30.7 Å². The summed E-state index contributed by atoms with van der Waals surface area (Å²) in [6.45, 7) is 0. The predicted octanol–water partition coefficient (Wildman–Crippen LogP) is 13.8. The first-order valence-corrected chi connectivity index (χ1v) is 16.7. The van der Waals surface area contributed by atoms with Gasteiger partial charge in [0.15, 0.2) is 0 Å². The molecule has 2 heterocycles. The van der Waals surface area contributed by atoms with Gasteiger partial charge in [-0.25, -0.2) is 9.97 Å². The molecule has 0 amide bonds. The Hall–Kier alpha value is -6.38. The van der Waals surface area contributed by atoms with Crippen molar-refractivity contribution in [1.29, 1.82) is 0 Å². The Morgan fingerprint density at radius 1 is 0.421 bits per heavy atom. The Morgan fingerprint density at radius 2 is 0.877 bits per heavy atom. The quantitative estimate of drug-likeness (QED) is 0.166. The summed E-state index contributed by atoms with van der Waals surface area (Å²) in [6.07, 6.45) is -17.5. The van der Waals surface area contributed by atoms with Gasteiger partial charge < -0.3 is 4.57 Å². The Morgan fingerprint density at radius 3 is 1.35 bits per heavy atom. The van der Waals surface area contributed by atoms with Crippen molar-refractivity contribution in [1.82, 2.24) is 14.5 Å². The molecule has 8 aromatic rings. The number of aromatic nitrogens is 3. The fraction of sp³-hybridized carbons (Fsp3) is 0.0952. The standard InChI is InChI=1S/C42H21F12N3/c43-39(44,45)28-11-26(12-29(18-28)40(46,47)48)22-7-9-37-33(15-22)34-16-23(27-13-30(41(49,50)51)19-31(14-27)42(52,53)54)8-10-38(34)57(37)36-4-2-1-3-32(36)24-5-6-25-20-55-21-56-35(25)17-24/h1-21H. The van der Waals surface area contributed by atoms with Crippen molar-refractivity contribution in [2.45, 2.75) is 24.7 Å². The number of alkyl halides is 12. The Bertz CT molecular complexity index is 2670. The van der Waals surface area contributed by atoms with Crippen molar-refractivity contribution in [3.05, 3.63) is 150 Å². The van der Waals surface area contributed by atoms with Crippen molar-refractivity contribution in [3.63, 3.8) is 0 Å². The zero-order valence-electron chi connectivity index (χ0n) is 28.5. The zero-order valence-corrected chi connectivity index (χ0v) is 28.5. The predicted molar refractivity (Wildman–Crippen MR) is 190 cm³/mol. The van der Waals surface area contributed by atoms with Gasteiger partial charge in [0, 0.05) is 27.9 Å². The van der Waals surface area contributed by atoms with Gasteiger partial charge in [-0.2, -0.15) is 52.7 Å². The van der Waals surface area contributed by atoms with Crippen molar-refractivity contribution in [3.8, 4) is 39.1 Å². The largest absolute Gasteiger partial charge is 0.416 e. The molecule has 288 valence electrons. The van der Waals surface area contributed by atoms with Crippen LogP contribution in [0.25, 0.3) is 71.8 Å². The molecule has 15 heteroatoms. The normalized spacial score (nSPS) is 12.9. The molecule has 0 bridgehead atoms. The summed E-state index contributed by atoms with van der Waals surface area (Å²) in [7, 11) is 0. The summed E-state index contributed by atoms with van der Waals surface area (Å²) < 4.78 is 168. The van der Waals surface area contributed by atoms with E-state index in [1.165, 1.54) is 42.7 Å². The highest BCUT2D eigenvalue weighted by Crippen LogP contribution is 2.44. The SMILES string of the molecule is FC(F)(F)c1cc(-c2ccc3c(c2)c2cc(-c4cc(C(F)(F)F)cc(C(F)(F)F)c4)ccc2n3-c2ccccc2-c2ccc3cncnc3c2)cc(C(F)(F)F)c1. The number of rotatable bonds is 4. The van der Waals surface area contributed by atoms with Crippen LogP contribution < -0.4 is 0 Å². The first-order chi connectivity index (χ1) is 26.8. The maximum absolute atomic E-state index is 13.9. The smallest absolute Gasteiger partial charge is 0.309 e. The molecule has 0 saturated carbocycles. The van der Waals surface area contributed by atoms with Crippen LogP contribution in [0.3, 0.4) is 0 Å². The molecule has 0 saturated heterocycles. The van der Waals surface area contributed by atoms with Crippen LogP contribution in [0.4, 0.5) is 52.7 Å². The van der Waals surface area contributed by atoms with E-state index in [9.17, 15) is 52.7 Å². The summed E-state index contributed by atoms with van der Waals surface area (Å²) in [5.41, 5.74) is -3.89. The fourth-order valence-electron chi connectivity index (χ4n) is 6.94. The van der Waals surface area contributed by atoms with Crippen LogP contribution in [-0.4, -0.2) is 14.5 Å². The third-order valence-corrected chi connectivity index (χ3v) is 9.57. The summed E-state index contributed by atoms with van der Waals surface area (Å²) in [5, 5.41) is 1.22. The summed E-state index contributed by atoms with van der Waals surface area (Å²) >= 11 is 0. The van der Waals surface area contributed by atoms with E-state index >= 15 is 0 Å². The second-order valence-electron chi connectivity index (χ2n) is 13.2. The Balaban J connectivity index is 1.42. The molecular formula is C42H21F12N3. The molecule has 2 aromatic heterocycles. The van der Waals surface area contributed by atoms with Gasteiger partial charge in [-0.05, 0) is 101 Å². The van der Waals surface area contributed by atoms with Gasteiger partial charge in [-0.15, -0.1) is 0 Å². The van der Waals surface area contributed by atoms with Crippen LogP contribution in [-0.2, 0) is 24.7 Å². The molecule has 57 heavy (non-hydrogen) atoms. The lowest BCUT2D eigenvalue weighted by molar-refractivity contribution is -0.144. The minimum absolute atomic E-state index is 0.000201. The van der Waals surface area contributed by atoms with E-state index in [0.717, 1.165) is 5.39 Å². The summed E-state index contributed by atoms with van der Waals surface area (Å²) in [6, 6.07) is 23.1. The van der Waals surface area contributed by atoms with Crippen molar-refractivity contribution in [2.75, 3.05) is 0 Å². The average molecular weight is 796 g/mol. The minimum Gasteiger partial charge on any atom is -0.309 e. The van der Waals surface area contributed by atoms with E-state index < -0.39 is 58.1 Å². The molecule has 0 atom stereocenters. The van der Waals surface area contributed by atoms with Gasteiger partial charge in [0.2, 0.25) is 0 Å². The highest BCUT2D eigenvalue weighted by molar-refractivity contribution is 6.12. The molecule has 0 unspecified atom stereocenters. The molecule has 0 aliphatic carbocycles. The van der Waals surface area contributed by atoms with E-state index in [2.05, 4.69) is 9.97 Å². The molecule has 0 aliphatic rings. The van der Waals surface area contributed by atoms with Crippen LogP contribution >= 0.6 is 0 Å². The maximum atomic E-state index is 13.9. The number of hydrogen-bond acceptors (Lipinski definition) is 2. The fourth-order valence-corrected chi connectivity index (χ4v) is 6.94. The average Bonchev–Trinajstić information content (AvgIpc) is 3.49. The molecule has 6 aromatic carbocycles. The lowest BCUT2D eigenvalue weighted by atomic mass is 9.96. The molecule has 0 spiro atoms. The van der Waals surface area contributed by atoms with E-state index in [1.54, 1.807) is 41.1 Å². The lowest BCUT2D eigenvalue weighted by Crippen LogP contribution is -2.11. The van der Waals surface area contributed by atoms with E-state index in [0.29, 0.717) is 57.6 Å². The van der Waals surface area contributed by atoms with Crippen LogP contribution in [0, 0.1) is 0 Å². The summed E-state index contributed by atoms with van der Waals surface area (Å²) in [4.78, 5) is 8.35. The van der Waals surface area contributed by atoms with Crippen LogP contribution in [0.2, 0.25) is 0 Å². The molecule has 0 N–H and O–H groups in total. The van der Waals surface area contributed by atoms with Gasteiger partial charge in [-0.3, -0.25) is 0 Å². The van der Waals surface area contributed by atoms with Gasteiger partial charge in [-0.1, -0.05) is 42.5 Å². The first kappa shape index (κ1) is 37.5. The summed E-state index contributed by atoms with van der Waals surface area (Å²) in [5.74, 6) is 0. The lowest BCUT2D eigenvalue weighted by Gasteiger charge is -2.16. The number of fused-ring (bicyclic) bond motifs is 4. The zero-order chi connectivity index (χ0) is 40.7. The highest BCUT2D eigenvalue weighted by Gasteiger charge is 2.38. The number of halogens is 12. The van der Waals surface area contributed by atoms with E-state index in [4.69, 9.17) is 0 Å². The third kappa shape index (κ3) is 7.02. The van der Waals surface area contributed by atoms with E-state index in [-0.39, 0.29) is 34.0 Å². The van der Waals surface area contributed by atoms with Crippen molar-refractivity contribution >= 4 is 32.7 Å². The van der Waals surface area contributed by atoms with Gasteiger partial charge in [0.05, 0.1) is 44.5 Å². The number of hydrogen-bond donors (Lipinski definition) is 0. The molecule has 8 rings (SSSR count). The second-order valence-corrected chi connectivity index (χ2v) is 13.2. The first-order valence-electron chi connectivity index (χ1n) is 16.7. The Labute approximate surface area is 313 Å². The molecule has 0 radical (unpaired) electrons. The van der Waals surface area contributed by atoms with Gasteiger partial charge in [0.25, 0.3) is 0 Å². The number of nitrogens with zero attached hydrogens (tertiary/aromatic N) is 3. The van der Waals surface area contributed by atoms with Crippen molar-refractivity contribution < 1.29 is 52.7 Å². The van der Waals surface area contributed by atoms with Crippen LogP contribution in [0.15, 0.2) is 128 Å². The Kier molecular flexibility index (Phi) is 8.63. The van der Waals surface area contributed by atoms with Crippen LogP contribution in [0.5, 0.6) is 0 Å². The highest BCUT2D eigenvalue weighted by atomic mass is 19.4. The van der Waals surface area contributed by atoms with E-state index in [1.807, 2.05) is 12.1 Å². The number of benzene rings is 6. The third-order valence-electron chi connectivity index (χ3n) is 9.57. The van der Waals surface area contributed by atoms with Crippen LogP contribution in [0.1, 0.15) is 22.3 Å². The number of para-hydroxylation sites is 1. The second kappa shape index (κ2) is 13.1. The molecular weight excluding hydrogens is 774 g/mol. The van der Waals surface area contributed by atoms with Gasteiger partial charge in [0.1, 0.15) is 6.33 Å². The van der Waals surface area contributed by atoms with Gasteiger partial charge >= 0.3 is 24.7 Å².